The van der Waals surface area contributed by atoms with E-state index in [1.54, 1.807) is 24.0 Å². The van der Waals surface area contributed by atoms with E-state index in [0.29, 0.717) is 12.4 Å². The van der Waals surface area contributed by atoms with Crippen molar-refractivity contribution >= 4 is 11.7 Å². The quantitative estimate of drug-likeness (QED) is 0.935. The number of likely N-dealkylation sites (tertiary alicyclic amines) is 1. The van der Waals surface area contributed by atoms with E-state index in [1.807, 2.05) is 0 Å². The van der Waals surface area contributed by atoms with Crippen molar-refractivity contribution in [3.05, 3.63) is 47.2 Å². The monoisotopic (exact) mass is 330 g/mol. The minimum Gasteiger partial charge on any atom is -0.494 e. The van der Waals surface area contributed by atoms with Gasteiger partial charge in [0.1, 0.15) is 17.2 Å². The number of ether oxygens (including phenoxy) is 1. The first kappa shape index (κ1) is 16.2. The maximum Gasteiger partial charge on any atom is 0.259 e. The summed E-state index contributed by atoms with van der Waals surface area (Å²) in [6.07, 6.45) is 3.06. The number of rotatable bonds is 3. The number of amides is 1. The van der Waals surface area contributed by atoms with Gasteiger partial charge >= 0.3 is 0 Å². The first-order valence-corrected chi connectivity index (χ1v) is 7.74. The van der Waals surface area contributed by atoms with E-state index in [1.165, 1.54) is 19.4 Å². The van der Waals surface area contributed by atoms with E-state index in [2.05, 4.69) is 9.97 Å². The normalized spacial score (nSPS) is 17.1. The predicted octanol–water partition coefficient (Wildman–Crippen LogP) is 2.49. The lowest BCUT2D eigenvalue weighted by Gasteiger charge is -2.25. The summed E-state index contributed by atoms with van der Waals surface area (Å²) in [7, 11) is 1.42. The Balaban J connectivity index is 1.90. The van der Waals surface area contributed by atoms with E-state index >= 15 is 0 Å². The molecule has 1 fully saturated rings. The molecular formula is C17H19FN4O2. The van der Waals surface area contributed by atoms with Crippen LogP contribution in [0, 0.1) is 12.7 Å². The molecule has 7 heteroatoms. The molecule has 6 nitrogen and oxygen atoms in total. The Kier molecular flexibility index (Phi) is 4.33. The van der Waals surface area contributed by atoms with Crippen LogP contribution in [0.1, 0.15) is 40.6 Å². The molecule has 24 heavy (non-hydrogen) atoms. The van der Waals surface area contributed by atoms with Gasteiger partial charge in [-0.3, -0.25) is 4.79 Å². The highest BCUT2D eigenvalue weighted by Crippen LogP contribution is 2.35. The predicted molar refractivity (Wildman–Crippen MR) is 87.1 cm³/mol. The van der Waals surface area contributed by atoms with Gasteiger partial charge in [0.15, 0.2) is 11.6 Å². The lowest BCUT2D eigenvalue weighted by Crippen LogP contribution is -2.31. The highest BCUT2D eigenvalue weighted by molar-refractivity contribution is 5.98. The summed E-state index contributed by atoms with van der Waals surface area (Å²) in [6.45, 7) is 2.30. The Hall–Kier alpha value is -2.70. The number of nitrogens with zero attached hydrogens (tertiary/aromatic N) is 3. The number of carbonyl (C=O) groups is 1. The molecule has 126 valence electrons. The average Bonchev–Trinajstić information content (AvgIpc) is 3.03. The second-order valence-electron chi connectivity index (χ2n) is 5.77. The third-order valence-electron chi connectivity index (χ3n) is 4.24. The van der Waals surface area contributed by atoms with Crippen LogP contribution < -0.4 is 10.5 Å². The van der Waals surface area contributed by atoms with Crippen molar-refractivity contribution in [2.45, 2.75) is 25.8 Å². The van der Waals surface area contributed by atoms with Gasteiger partial charge in [0, 0.05) is 12.7 Å². The molecule has 1 aromatic heterocycles. The van der Waals surface area contributed by atoms with Crippen LogP contribution in [-0.4, -0.2) is 34.4 Å². The lowest BCUT2D eigenvalue weighted by molar-refractivity contribution is 0.0735. The molecule has 2 heterocycles. The first-order chi connectivity index (χ1) is 11.5. The Labute approximate surface area is 139 Å². The van der Waals surface area contributed by atoms with Crippen LogP contribution in [0.15, 0.2) is 24.4 Å². The third kappa shape index (κ3) is 2.89. The SMILES string of the molecule is COc1ccc(C2CCCN2C(=O)c2cnc(C)nc2N)cc1F. The van der Waals surface area contributed by atoms with Crippen LogP contribution in [0.2, 0.25) is 0 Å². The van der Waals surface area contributed by atoms with E-state index < -0.39 is 5.82 Å². The maximum absolute atomic E-state index is 14.0. The van der Waals surface area contributed by atoms with Crippen molar-refractivity contribution < 1.29 is 13.9 Å². The van der Waals surface area contributed by atoms with Crippen molar-refractivity contribution in [3.8, 4) is 5.75 Å². The van der Waals surface area contributed by atoms with Gasteiger partial charge in [0.05, 0.1) is 13.2 Å². The number of hydrogen-bond acceptors (Lipinski definition) is 5. The van der Waals surface area contributed by atoms with Gasteiger partial charge in [0.25, 0.3) is 5.91 Å². The average molecular weight is 330 g/mol. The van der Waals surface area contributed by atoms with Gasteiger partial charge in [-0.15, -0.1) is 0 Å². The third-order valence-corrected chi connectivity index (χ3v) is 4.24. The van der Waals surface area contributed by atoms with Crippen molar-refractivity contribution in [3.63, 3.8) is 0 Å². The largest absolute Gasteiger partial charge is 0.494 e. The maximum atomic E-state index is 14.0. The lowest BCUT2D eigenvalue weighted by atomic mass is 10.0. The summed E-state index contributed by atoms with van der Waals surface area (Å²) in [6, 6.07) is 4.59. The summed E-state index contributed by atoms with van der Waals surface area (Å²) < 4.78 is 18.9. The van der Waals surface area contributed by atoms with Crippen LogP contribution in [0.3, 0.4) is 0 Å². The standard InChI is InChI=1S/C17H19FN4O2/c1-10-20-9-12(16(19)21-10)17(23)22-7-3-4-14(22)11-5-6-15(24-2)13(18)8-11/h5-6,8-9,14H,3-4,7H2,1-2H3,(H2,19,20,21). The number of carbonyl (C=O) groups excluding carboxylic acids is 1. The summed E-state index contributed by atoms with van der Waals surface area (Å²) >= 11 is 0. The van der Waals surface area contributed by atoms with Gasteiger partial charge in [-0.2, -0.15) is 0 Å². The molecule has 0 bridgehead atoms. The van der Waals surface area contributed by atoms with Crippen LogP contribution in [-0.2, 0) is 0 Å². The zero-order valence-electron chi connectivity index (χ0n) is 13.6. The molecule has 3 rings (SSSR count). The Morgan fingerprint density at radius 1 is 1.46 bits per heavy atom. The smallest absolute Gasteiger partial charge is 0.259 e. The second-order valence-corrected chi connectivity index (χ2v) is 5.77. The minimum atomic E-state index is -0.438. The minimum absolute atomic E-state index is 0.166. The Morgan fingerprint density at radius 2 is 2.25 bits per heavy atom. The van der Waals surface area contributed by atoms with E-state index in [4.69, 9.17) is 10.5 Å². The van der Waals surface area contributed by atoms with Crippen LogP contribution in [0.25, 0.3) is 0 Å². The van der Waals surface area contributed by atoms with Crippen LogP contribution in [0.5, 0.6) is 5.75 Å². The molecule has 0 saturated carbocycles. The Morgan fingerprint density at radius 3 is 2.92 bits per heavy atom. The van der Waals surface area contributed by atoms with Gasteiger partial charge in [-0.05, 0) is 37.5 Å². The zero-order chi connectivity index (χ0) is 17.3. The number of aryl methyl sites for hydroxylation is 1. The number of benzene rings is 1. The topological polar surface area (TPSA) is 81.3 Å². The Bertz CT molecular complexity index is 781. The van der Waals surface area contributed by atoms with Gasteiger partial charge in [-0.25, -0.2) is 14.4 Å². The van der Waals surface area contributed by atoms with Crippen LogP contribution in [0.4, 0.5) is 10.2 Å². The summed E-state index contributed by atoms with van der Waals surface area (Å²) in [5.41, 5.74) is 6.88. The van der Waals surface area contributed by atoms with Crippen molar-refractivity contribution in [1.82, 2.24) is 14.9 Å². The fraction of sp³-hybridized carbons (Fsp3) is 0.353. The molecule has 1 unspecified atom stereocenters. The summed E-state index contributed by atoms with van der Waals surface area (Å²) in [5, 5.41) is 0. The molecule has 0 radical (unpaired) electrons. The van der Waals surface area contributed by atoms with Crippen molar-refractivity contribution in [2.75, 3.05) is 19.4 Å². The number of nitrogens with two attached hydrogens (primary N) is 1. The van der Waals surface area contributed by atoms with E-state index in [-0.39, 0.29) is 29.1 Å². The van der Waals surface area contributed by atoms with Crippen LogP contribution >= 0.6 is 0 Å². The van der Waals surface area contributed by atoms with Crippen molar-refractivity contribution in [2.24, 2.45) is 0 Å². The number of methoxy groups -OCH3 is 1. The molecule has 1 saturated heterocycles. The molecule has 1 aliphatic rings. The number of nitrogen functional groups attached to an aromatic ring is 1. The fourth-order valence-corrected chi connectivity index (χ4v) is 3.05. The van der Waals surface area contributed by atoms with Gasteiger partial charge in [-0.1, -0.05) is 6.07 Å². The zero-order valence-corrected chi connectivity index (χ0v) is 13.6. The molecule has 0 spiro atoms. The summed E-state index contributed by atoms with van der Waals surface area (Å²) in [4.78, 5) is 22.6. The number of aromatic nitrogens is 2. The van der Waals surface area contributed by atoms with E-state index in [9.17, 15) is 9.18 Å². The number of halogens is 1. The van der Waals surface area contributed by atoms with Gasteiger partial charge in [0.2, 0.25) is 0 Å². The number of hydrogen-bond donors (Lipinski definition) is 1. The van der Waals surface area contributed by atoms with E-state index in [0.717, 1.165) is 18.4 Å². The van der Waals surface area contributed by atoms with Crippen molar-refractivity contribution in [1.29, 1.82) is 0 Å². The highest BCUT2D eigenvalue weighted by Gasteiger charge is 2.32. The summed E-state index contributed by atoms with van der Waals surface area (Å²) in [5.74, 6) is 0.197. The number of anilines is 1. The highest BCUT2D eigenvalue weighted by atomic mass is 19.1. The fourth-order valence-electron chi connectivity index (χ4n) is 3.05. The molecule has 1 atom stereocenters. The molecule has 0 aliphatic carbocycles. The molecule has 1 amide bonds. The second kappa shape index (κ2) is 6.43. The molecule has 1 aromatic carbocycles. The molecular weight excluding hydrogens is 311 g/mol. The molecule has 1 aliphatic heterocycles. The van der Waals surface area contributed by atoms with Gasteiger partial charge < -0.3 is 15.4 Å². The first-order valence-electron chi connectivity index (χ1n) is 7.74. The molecule has 2 N–H and O–H groups in total. The molecule has 2 aromatic rings.